The molecule has 0 spiro atoms. The lowest BCUT2D eigenvalue weighted by atomic mass is 10.0. The van der Waals surface area contributed by atoms with Gasteiger partial charge in [-0.05, 0) is 31.5 Å². The van der Waals surface area contributed by atoms with E-state index in [4.69, 9.17) is 9.84 Å². The van der Waals surface area contributed by atoms with Crippen molar-refractivity contribution in [3.63, 3.8) is 0 Å². The summed E-state index contributed by atoms with van der Waals surface area (Å²) < 4.78 is 7.71. The van der Waals surface area contributed by atoms with Gasteiger partial charge < -0.3 is 10.1 Å². The number of hydrogen-bond acceptors (Lipinski definition) is 4. The van der Waals surface area contributed by atoms with E-state index < -0.39 is 0 Å². The fourth-order valence-electron chi connectivity index (χ4n) is 3.92. The van der Waals surface area contributed by atoms with E-state index >= 15 is 0 Å². The topological polar surface area (TPSA) is 56.2 Å². The monoisotopic (exact) mass is 417 g/mol. The van der Waals surface area contributed by atoms with Crippen LogP contribution in [-0.2, 0) is 6.54 Å². The molecule has 6 heteroatoms. The molecule has 152 valence electrons. The third-order valence-electron chi connectivity index (χ3n) is 5.55. The average molecular weight is 418 g/mol. The quantitative estimate of drug-likeness (QED) is 0.507. The van der Waals surface area contributed by atoms with Gasteiger partial charge in [0.25, 0.3) is 5.91 Å². The highest BCUT2D eigenvalue weighted by Crippen LogP contribution is 2.33. The number of thiophene rings is 1. The number of para-hydroxylation sites is 1. The van der Waals surface area contributed by atoms with E-state index in [1.54, 1.807) is 0 Å². The first-order valence-electron chi connectivity index (χ1n) is 10.1. The molecule has 1 atom stereocenters. The van der Waals surface area contributed by atoms with Gasteiger partial charge >= 0.3 is 0 Å². The fourth-order valence-corrected chi connectivity index (χ4v) is 4.98. The molecule has 0 fully saturated rings. The van der Waals surface area contributed by atoms with Crippen LogP contribution in [-0.4, -0.2) is 22.3 Å². The lowest BCUT2D eigenvalue weighted by Crippen LogP contribution is -2.31. The Bertz CT molecular complexity index is 1220. The number of aryl methyl sites for hydroxylation is 2. The Labute approximate surface area is 179 Å². The summed E-state index contributed by atoms with van der Waals surface area (Å²) >= 11 is 1.50. The summed E-state index contributed by atoms with van der Waals surface area (Å²) in [6.07, 6.45) is 0.772. The number of fused-ring (bicyclic) bond motifs is 2. The molecule has 2 aromatic heterocycles. The molecular weight excluding hydrogens is 394 g/mol. The first-order chi connectivity index (χ1) is 14.6. The van der Waals surface area contributed by atoms with Crippen LogP contribution in [0.5, 0.6) is 5.75 Å². The van der Waals surface area contributed by atoms with Crippen molar-refractivity contribution in [2.24, 2.45) is 0 Å². The third-order valence-corrected chi connectivity index (χ3v) is 6.70. The van der Waals surface area contributed by atoms with E-state index in [0.29, 0.717) is 18.0 Å². The summed E-state index contributed by atoms with van der Waals surface area (Å²) in [5, 5.41) is 8.94. The molecule has 1 aliphatic rings. The van der Waals surface area contributed by atoms with Gasteiger partial charge in [0.2, 0.25) is 0 Å². The van der Waals surface area contributed by atoms with Crippen molar-refractivity contribution in [1.29, 1.82) is 0 Å². The molecule has 5 nitrogen and oxygen atoms in total. The number of rotatable bonds is 4. The van der Waals surface area contributed by atoms with Gasteiger partial charge in [-0.1, -0.05) is 48.0 Å². The van der Waals surface area contributed by atoms with Crippen LogP contribution in [0, 0.1) is 13.8 Å². The van der Waals surface area contributed by atoms with Crippen LogP contribution >= 0.6 is 11.3 Å². The van der Waals surface area contributed by atoms with Crippen molar-refractivity contribution in [3.8, 4) is 5.75 Å². The van der Waals surface area contributed by atoms with Crippen LogP contribution in [0.2, 0.25) is 0 Å². The highest BCUT2D eigenvalue weighted by atomic mass is 32.1. The summed E-state index contributed by atoms with van der Waals surface area (Å²) in [4.78, 5) is 14.8. The molecule has 1 N–H and O–H groups in total. The number of carbonyl (C=O) groups is 1. The smallest absolute Gasteiger partial charge is 0.261 e. The summed E-state index contributed by atoms with van der Waals surface area (Å²) in [5.74, 6) is 0.814. The van der Waals surface area contributed by atoms with E-state index in [1.807, 2.05) is 41.9 Å². The van der Waals surface area contributed by atoms with Gasteiger partial charge in [0.05, 0.1) is 29.8 Å². The molecule has 3 heterocycles. The zero-order chi connectivity index (χ0) is 20.7. The van der Waals surface area contributed by atoms with Crippen molar-refractivity contribution in [2.75, 3.05) is 6.61 Å². The molecule has 0 radical (unpaired) electrons. The maximum absolute atomic E-state index is 13.0. The molecule has 1 aliphatic heterocycles. The maximum Gasteiger partial charge on any atom is 0.261 e. The molecule has 0 saturated heterocycles. The van der Waals surface area contributed by atoms with Crippen LogP contribution in [0.15, 0.2) is 54.6 Å². The normalized spacial score (nSPS) is 15.6. The molecule has 0 aliphatic carbocycles. The summed E-state index contributed by atoms with van der Waals surface area (Å²) in [6.45, 7) is 5.39. The van der Waals surface area contributed by atoms with E-state index in [-0.39, 0.29) is 11.9 Å². The second-order valence-corrected chi connectivity index (χ2v) is 8.79. The number of nitrogens with one attached hydrogen (secondary N) is 1. The van der Waals surface area contributed by atoms with Crippen molar-refractivity contribution in [1.82, 2.24) is 15.1 Å². The maximum atomic E-state index is 13.0. The first-order valence-corrected chi connectivity index (χ1v) is 11.0. The van der Waals surface area contributed by atoms with Gasteiger partial charge in [-0.25, -0.2) is 0 Å². The molecule has 5 rings (SSSR count). The Balaban J connectivity index is 1.40. The van der Waals surface area contributed by atoms with Gasteiger partial charge in [-0.3, -0.25) is 9.48 Å². The van der Waals surface area contributed by atoms with Crippen LogP contribution in [0.1, 0.15) is 44.5 Å². The summed E-state index contributed by atoms with van der Waals surface area (Å²) in [6, 6.07) is 18.3. The molecule has 0 bridgehead atoms. The number of nitrogens with zero attached hydrogens (tertiary/aromatic N) is 2. The van der Waals surface area contributed by atoms with E-state index in [2.05, 4.69) is 36.5 Å². The van der Waals surface area contributed by atoms with E-state index in [0.717, 1.165) is 33.6 Å². The minimum absolute atomic E-state index is 0.0298. The summed E-state index contributed by atoms with van der Waals surface area (Å²) in [7, 11) is 0. The van der Waals surface area contributed by atoms with Crippen molar-refractivity contribution >= 4 is 27.5 Å². The lowest BCUT2D eigenvalue weighted by Gasteiger charge is -2.26. The van der Waals surface area contributed by atoms with E-state index in [9.17, 15) is 4.79 Å². The van der Waals surface area contributed by atoms with Gasteiger partial charge in [-0.15, -0.1) is 11.3 Å². The molecular formula is C24H23N3O2S. The number of ether oxygens (including phenoxy) is 1. The lowest BCUT2D eigenvalue weighted by molar-refractivity contribution is 0.0929. The molecule has 1 unspecified atom stereocenters. The number of aromatic nitrogens is 2. The SMILES string of the molecule is Cc1ccc(Cn2nc(C)c3cc(C(=O)NC4CCOc5ccccc54)sc32)cc1. The highest BCUT2D eigenvalue weighted by molar-refractivity contribution is 7.20. The first kappa shape index (κ1) is 18.9. The standard InChI is InChI=1S/C24H23N3O2S/c1-15-7-9-17(10-8-15)14-27-24-19(16(2)26-27)13-22(30-24)23(28)25-20-11-12-29-21-6-4-3-5-18(20)21/h3-10,13,20H,11-12,14H2,1-2H3,(H,25,28). The number of benzene rings is 2. The zero-order valence-electron chi connectivity index (χ0n) is 17.0. The Hall–Kier alpha value is -3.12. The highest BCUT2D eigenvalue weighted by Gasteiger charge is 2.24. The predicted molar refractivity (Wildman–Crippen MR) is 119 cm³/mol. The molecule has 4 aromatic rings. The Morgan fingerprint density at radius 3 is 2.83 bits per heavy atom. The van der Waals surface area contributed by atoms with Crippen LogP contribution in [0.25, 0.3) is 10.2 Å². The largest absolute Gasteiger partial charge is 0.493 e. The number of hydrogen-bond donors (Lipinski definition) is 1. The van der Waals surface area contributed by atoms with Gasteiger partial charge in [0.15, 0.2) is 0 Å². The minimum Gasteiger partial charge on any atom is -0.493 e. The molecule has 2 aromatic carbocycles. The Kier molecular flexibility index (Phi) is 4.79. The van der Waals surface area contributed by atoms with Gasteiger partial charge in [0.1, 0.15) is 10.6 Å². The molecule has 1 amide bonds. The van der Waals surface area contributed by atoms with Crippen molar-refractivity contribution in [3.05, 3.63) is 81.9 Å². The van der Waals surface area contributed by atoms with Crippen LogP contribution < -0.4 is 10.1 Å². The van der Waals surface area contributed by atoms with Crippen LogP contribution in [0.4, 0.5) is 0 Å². The summed E-state index contributed by atoms with van der Waals surface area (Å²) in [5.41, 5.74) is 4.43. The third kappa shape index (κ3) is 3.48. The predicted octanol–water partition coefficient (Wildman–Crippen LogP) is 5.02. The van der Waals surface area contributed by atoms with Crippen LogP contribution in [0.3, 0.4) is 0 Å². The second-order valence-electron chi connectivity index (χ2n) is 7.76. The van der Waals surface area contributed by atoms with Gasteiger partial charge in [0, 0.05) is 17.4 Å². The molecule has 0 saturated carbocycles. The number of amides is 1. The fraction of sp³-hybridized carbons (Fsp3) is 0.250. The Morgan fingerprint density at radius 1 is 1.20 bits per heavy atom. The second kappa shape index (κ2) is 7.61. The van der Waals surface area contributed by atoms with E-state index in [1.165, 1.54) is 22.5 Å². The minimum atomic E-state index is -0.0424. The number of carbonyl (C=O) groups excluding carboxylic acids is 1. The Morgan fingerprint density at radius 2 is 2.00 bits per heavy atom. The average Bonchev–Trinajstić information content (AvgIpc) is 3.31. The van der Waals surface area contributed by atoms with Gasteiger partial charge in [-0.2, -0.15) is 5.10 Å². The molecule has 30 heavy (non-hydrogen) atoms. The zero-order valence-corrected chi connectivity index (χ0v) is 17.8. The van der Waals surface area contributed by atoms with Crippen molar-refractivity contribution < 1.29 is 9.53 Å². The van der Waals surface area contributed by atoms with Crippen molar-refractivity contribution in [2.45, 2.75) is 32.9 Å².